The Labute approximate surface area is 294 Å². The van der Waals surface area contributed by atoms with Crippen molar-refractivity contribution in [3.05, 3.63) is 58.8 Å². The Kier molecular flexibility index (Phi) is 12.8. The second-order valence-corrected chi connectivity index (χ2v) is 15.3. The van der Waals surface area contributed by atoms with E-state index in [4.69, 9.17) is 14.2 Å². The Hall–Kier alpha value is -3.46. The van der Waals surface area contributed by atoms with Crippen LogP contribution in [0.2, 0.25) is 0 Å². The molecule has 1 fully saturated rings. The van der Waals surface area contributed by atoms with Gasteiger partial charge in [-0.2, -0.15) is 5.26 Å². The molecule has 1 aromatic heterocycles. The van der Waals surface area contributed by atoms with E-state index in [0.29, 0.717) is 30.5 Å². The van der Waals surface area contributed by atoms with Crippen molar-refractivity contribution in [2.45, 2.75) is 102 Å². The van der Waals surface area contributed by atoms with Crippen LogP contribution >= 0.6 is 0 Å². The van der Waals surface area contributed by atoms with Crippen LogP contribution in [0.3, 0.4) is 0 Å². The maximum atomic E-state index is 13.4. The summed E-state index contributed by atoms with van der Waals surface area (Å²) >= 11 is 0. The molecule has 6 atom stereocenters. The molecule has 2 aromatic carbocycles. The number of anilines is 1. The summed E-state index contributed by atoms with van der Waals surface area (Å²) in [5, 5.41) is 50.7. The number of aliphatic hydroxyl groups is 3. The van der Waals surface area contributed by atoms with Crippen LogP contribution in [-0.2, 0) is 37.2 Å². The molecule has 3 aromatic rings. The number of sulfonamides is 1. The predicted octanol–water partition coefficient (Wildman–Crippen LogP) is 2.72. The Bertz CT molecular complexity index is 1790. The Morgan fingerprint density at radius 2 is 1.82 bits per heavy atom. The maximum absolute atomic E-state index is 13.4. The van der Waals surface area contributed by atoms with Crippen LogP contribution in [0.1, 0.15) is 58.7 Å². The molecule has 0 aliphatic carbocycles. The van der Waals surface area contributed by atoms with Gasteiger partial charge in [0.15, 0.2) is 11.2 Å². The van der Waals surface area contributed by atoms with Gasteiger partial charge in [-0.05, 0) is 81.1 Å². The number of hydrogen-bond acceptors (Lipinski definition) is 12. The van der Waals surface area contributed by atoms with E-state index in [-0.39, 0.29) is 18.1 Å². The first kappa shape index (κ1) is 39.3. The topological polar surface area (TPSA) is 192 Å². The summed E-state index contributed by atoms with van der Waals surface area (Å²) < 4.78 is 47.8. The van der Waals surface area contributed by atoms with Crippen molar-refractivity contribution in [3.63, 3.8) is 0 Å². The molecule has 50 heavy (non-hydrogen) atoms. The smallest absolute Gasteiger partial charge is 0.251 e. The Balaban J connectivity index is 1.35. The standard InChI is InChI=1S/C35H50N6O8S/c1-8-35(5,19-26-21-41(39-37-26)22-29-30(42)31(43)32(44)33(47-7)49-29)48-15-14-34(3,4)38-50(45,46)28(20-36)17-23-10-11-25-18-27(40(6)9-2)13-12-24(25)16-23/h10-13,16-18,21,29-33,38,42-44H,8-9,14-15,19,22H2,1-7H3. The lowest BCUT2D eigenvalue weighted by molar-refractivity contribution is -0.292. The molecule has 0 bridgehead atoms. The zero-order chi connectivity index (χ0) is 36.9. The highest BCUT2D eigenvalue weighted by Gasteiger charge is 2.44. The van der Waals surface area contributed by atoms with Crippen molar-refractivity contribution in [3.8, 4) is 6.07 Å². The SMILES string of the molecule is CCN(C)c1ccc2cc(C=C(C#N)S(=O)(=O)NC(C)(C)CCOC(C)(CC)Cc3cn(CC4OC(OC)C(O)C(O)C4O)nn3)ccc2c1. The molecule has 4 N–H and O–H groups in total. The number of aliphatic hydroxyl groups excluding tert-OH is 3. The van der Waals surface area contributed by atoms with E-state index in [0.717, 1.165) is 23.0 Å². The molecule has 1 saturated heterocycles. The lowest BCUT2D eigenvalue weighted by atomic mass is 9.96. The third-order valence-electron chi connectivity index (χ3n) is 9.21. The lowest BCUT2D eigenvalue weighted by Crippen LogP contribution is -2.58. The monoisotopic (exact) mass is 714 g/mol. The molecule has 15 heteroatoms. The molecule has 2 heterocycles. The summed E-state index contributed by atoms with van der Waals surface area (Å²) in [5.41, 5.74) is 0.717. The third-order valence-corrected chi connectivity index (χ3v) is 10.8. The van der Waals surface area contributed by atoms with Gasteiger partial charge in [0, 0.05) is 51.2 Å². The summed E-state index contributed by atoms with van der Waals surface area (Å²) in [5.74, 6) is 0. The molecule has 0 saturated carbocycles. The van der Waals surface area contributed by atoms with Crippen LogP contribution in [0.5, 0.6) is 0 Å². The number of rotatable bonds is 16. The van der Waals surface area contributed by atoms with Crippen molar-refractivity contribution < 1.29 is 37.9 Å². The summed E-state index contributed by atoms with van der Waals surface area (Å²) in [4.78, 5) is 1.74. The zero-order valence-electron chi connectivity index (χ0n) is 29.8. The average molecular weight is 715 g/mol. The van der Waals surface area contributed by atoms with Gasteiger partial charge in [0.2, 0.25) is 0 Å². The summed E-state index contributed by atoms with van der Waals surface area (Å²) in [6.45, 7) is 10.6. The number of ether oxygens (including phenoxy) is 3. The minimum Gasteiger partial charge on any atom is -0.388 e. The Morgan fingerprint density at radius 3 is 2.48 bits per heavy atom. The van der Waals surface area contributed by atoms with Crippen molar-refractivity contribution in [1.82, 2.24) is 19.7 Å². The first-order chi connectivity index (χ1) is 23.5. The summed E-state index contributed by atoms with van der Waals surface area (Å²) in [7, 11) is -0.797. The number of aromatic nitrogens is 3. The van der Waals surface area contributed by atoms with Crippen LogP contribution < -0.4 is 9.62 Å². The van der Waals surface area contributed by atoms with Crippen LogP contribution in [0.15, 0.2) is 47.5 Å². The van der Waals surface area contributed by atoms with Gasteiger partial charge in [-0.15, -0.1) is 5.10 Å². The second-order valence-electron chi connectivity index (χ2n) is 13.7. The van der Waals surface area contributed by atoms with Crippen LogP contribution in [0.4, 0.5) is 5.69 Å². The largest absolute Gasteiger partial charge is 0.388 e. The highest BCUT2D eigenvalue weighted by molar-refractivity contribution is 7.93. The molecule has 6 unspecified atom stereocenters. The highest BCUT2D eigenvalue weighted by atomic mass is 32.2. The average Bonchev–Trinajstić information content (AvgIpc) is 3.51. The van der Waals surface area contributed by atoms with E-state index in [1.54, 1.807) is 26.1 Å². The number of nitrogens with zero attached hydrogens (tertiary/aromatic N) is 5. The zero-order valence-corrected chi connectivity index (χ0v) is 30.6. The molecule has 14 nitrogen and oxygen atoms in total. The minimum absolute atomic E-state index is 0.0630. The van der Waals surface area contributed by atoms with Crippen LogP contribution in [0, 0.1) is 11.3 Å². The van der Waals surface area contributed by atoms with Gasteiger partial charge in [-0.25, -0.2) is 17.8 Å². The Morgan fingerprint density at radius 1 is 1.12 bits per heavy atom. The number of nitriles is 1. The maximum Gasteiger partial charge on any atom is 0.251 e. The van der Waals surface area contributed by atoms with Crippen LogP contribution in [0.25, 0.3) is 16.8 Å². The van der Waals surface area contributed by atoms with Crippen molar-refractivity contribution >= 4 is 32.6 Å². The second kappa shape index (κ2) is 16.3. The molecule has 0 amide bonds. The van der Waals surface area contributed by atoms with Gasteiger partial charge < -0.3 is 34.4 Å². The van der Waals surface area contributed by atoms with Gasteiger partial charge >= 0.3 is 0 Å². The van der Waals surface area contributed by atoms with Gasteiger partial charge in [0.1, 0.15) is 30.5 Å². The first-order valence-corrected chi connectivity index (χ1v) is 18.2. The molecule has 0 spiro atoms. The summed E-state index contributed by atoms with van der Waals surface area (Å²) in [6.07, 6.45) is -1.75. The van der Waals surface area contributed by atoms with Gasteiger partial charge in [-0.3, -0.25) is 0 Å². The first-order valence-electron chi connectivity index (χ1n) is 16.7. The van der Waals surface area contributed by atoms with Gasteiger partial charge in [-0.1, -0.05) is 30.3 Å². The predicted molar refractivity (Wildman–Crippen MR) is 189 cm³/mol. The quantitative estimate of drug-likeness (QED) is 0.159. The van der Waals surface area contributed by atoms with Gasteiger partial charge in [0.25, 0.3) is 10.0 Å². The number of hydrogen-bond donors (Lipinski definition) is 4. The molecule has 0 radical (unpaired) electrons. The fourth-order valence-corrected chi connectivity index (χ4v) is 7.07. The van der Waals surface area contributed by atoms with Gasteiger partial charge in [0.05, 0.1) is 17.8 Å². The number of methoxy groups -OCH3 is 1. The summed E-state index contributed by atoms with van der Waals surface area (Å²) in [6, 6.07) is 13.5. The minimum atomic E-state index is -4.15. The lowest BCUT2D eigenvalue weighted by Gasteiger charge is -2.39. The number of nitrogens with one attached hydrogen (secondary N) is 1. The molecular weight excluding hydrogens is 664 g/mol. The van der Waals surface area contributed by atoms with E-state index in [2.05, 4.69) is 32.9 Å². The third kappa shape index (κ3) is 9.65. The number of benzene rings is 2. The van der Waals surface area contributed by atoms with Crippen molar-refractivity contribution in [2.75, 3.05) is 32.2 Å². The number of fused-ring (bicyclic) bond motifs is 1. The molecule has 1 aliphatic rings. The fraction of sp³-hybridized carbons (Fsp3) is 0.571. The number of allylic oxidation sites excluding steroid dienone is 1. The van der Waals surface area contributed by atoms with E-state index >= 15 is 0 Å². The van der Waals surface area contributed by atoms with E-state index in [9.17, 15) is 29.0 Å². The van der Waals surface area contributed by atoms with Crippen LogP contribution in [-0.4, -0.2) is 108 Å². The molecule has 274 valence electrons. The highest BCUT2D eigenvalue weighted by Crippen LogP contribution is 2.27. The van der Waals surface area contributed by atoms with Crippen molar-refractivity contribution in [1.29, 1.82) is 5.26 Å². The molecule has 1 aliphatic heterocycles. The fourth-order valence-electron chi connectivity index (χ4n) is 5.72. The molecule has 4 rings (SSSR count). The van der Waals surface area contributed by atoms with Crippen molar-refractivity contribution in [2.24, 2.45) is 0 Å². The van der Waals surface area contributed by atoms with E-state index in [1.165, 1.54) is 17.9 Å². The van der Waals surface area contributed by atoms with E-state index in [1.807, 2.05) is 51.2 Å². The molecular formula is C35H50N6O8S. The normalized spacial score (nSPS) is 23.1. The van der Waals surface area contributed by atoms with E-state index < -0.39 is 51.9 Å².